The predicted molar refractivity (Wildman–Crippen MR) is 63.0 cm³/mol. The molecule has 0 radical (unpaired) electrons. The van der Waals surface area contributed by atoms with Gasteiger partial charge in [-0.15, -0.1) is 0 Å². The topological polar surface area (TPSA) is 65.7 Å². The number of benzene rings is 1. The van der Waals surface area contributed by atoms with Crippen LogP contribution in [0.3, 0.4) is 0 Å². The van der Waals surface area contributed by atoms with Gasteiger partial charge in [-0.05, 0) is 12.1 Å². The third-order valence-electron chi connectivity index (χ3n) is 2.17. The molecule has 1 aromatic heterocycles. The second-order valence-corrected chi connectivity index (χ2v) is 3.34. The molecule has 0 spiro atoms. The van der Waals surface area contributed by atoms with Gasteiger partial charge in [0.15, 0.2) is 0 Å². The number of aliphatic imine (C=N–C) groups is 1. The van der Waals surface area contributed by atoms with Crippen LogP contribution in [0.4, 0.5) is 0 Å². The summed E-state index contributed by atoms with van der Waals surface area (Å²) in [7, 11) is 0. The molecule has 0 fully saturated rings. The highest BCUT2D eigenvalue weighted by Crippen LogP contribution is 2.21. The van der Waals surface area contributed by atoms with E-state index in [1.807, 2.05) is 18.2 Å². The van der Waals surface area contributed by atoms with Gasteiger partial charge in [-0.3, -0.25) is 4.99 Å². The lowest BCUT2D eigenvalue weighted by Crippen LogP contribution is -1.92. The lowest BCUT2D eigenvalue weighted by molar-refractivity contribution is 0.307. The summed E-state index contributed by atoms with van der Waals surface area (Å²) in [6.07, 6.45) is 1.59. The van der Waals surface area contributed by atoms with Gasteiger partial charge in [0.25, 0.3) is 0 Å². The number of pyridine rings is 1. The van der Waals surface area contributed by atoms with Crippen molar-refractivity contribution in [1.82, 2.24) is 4.98 Å². The Morgan fingerprint density at radius 3 is 2.94 bits per heavy atom. The first-order valence-electron chi connectivity index (χ1n) is 5.00. The van der Waals surface area contributed by atoms with Gasteiger partial charge in [0.05, 0.1) is 18.8 Å². The molecule has 1 heterocycles. The van der Waals surface area contributed by atoms with E-state index in [0.717, 1.165) is 5.39 Å². The molecule has 0 bridgehead atoms. The summed E-state index contributed by atoms with van der Waals surface area (Å²) >= 11 is 0. The number of rotatable bonds is 3. The molecule has 0 aliphatic carbocycles. The SMILES string of the molecule is OCCN=Cc1ccc2cccc(O)c2n1. The van der Waals surface area contributed by atoms with Crippen molar-refractivity contribution < 1.29 is 10.2 Å². The first kappa shape index (κ1) is 10.6. The van der Waals surface area contributed by atoms with E-state index in [1.165, 1.54) is 0 Å². The van der Waals surface area contributed by atoms with Crippen LogP contribution < -0.4 is 0 Å². The first-order chi connectivity index (χ1) is 7.81. The van der Waals surface area contributed by atoms with E-state index in [-0.39, 0.29) is 12.4 Å². The summed E-state index contributed by atoms with van der Waals surface area (Å²) in [6.45, 7) is 0.385. The molecular weight excluding hydrogens is 204 g/mol. The second-order valence-electron chi connectivity index (χ2n) is 3.34. The Bertz CT molecular complexity index is 523. The molecule has 0 unspecified atom stereocenters. The fourth-order valence-electron chi connectivity index (χ4n) is 1.43. The molecular formula is C12H12N2O2. The number of para-hydroxylation sites is 1. The van der Waals surface area contributed by atoms with Crippen LogP contribution in [0.1, 0.15) is 5.69 Å². The molecule has 0 amide bonds. The highest BCUT2D eigenvalue weighted by Gasteiger charge is 2.00. The van der Waals surface area contributed by atoms with E-state index in [2.05, 4.69) is 9.98 Å². The van der Waals surface area contributed by atoms with E-state index in [4.69, 9.17) is 5.11 Å². The monoisotopic (exact) mass is 216 g/mol. The minimum Gasteiger partial charge on any atom is -0.506 e. The van der Waals surface area contributed by atoms with E-state index < -0.39 is 0 Å². The molecule has 0 aliphatic heterocycles. The fraction of sp³-hybridized carbons (Fsp3) is 0.167. The Labute approximate surface area is 92.9 Å². The Balaban J connectivity index is 2.39. The third kappa shape index (κ3) is 2.17. The number of aromatic hydroxyl groups is 1. The molecule has 1 aromatic carbocycles. The van der Waals surface area contributed by atoms with Gasteiger partial charge in [0, 0.05) is 11.6 Å². The highest BCUT2D eigenvalue weighted by molar-refractivity contribution is 5.88. The summed E-state index contributed by atoms with van der Waals surface area (Å²) in [5.74, 6) is 0.162. The summed E-state index contributed by atoms with van der Waals surface area (Å²) in [5, 5.41) is 19.1. The summed E-state index contributed by atoms with van der Waals surface area (Å²) < 4.78 is 0. The molecule has 2 N–H and O–H groups in total. The number of hydrogen-bond donors (Lipinski definition) is 2. The maximum absolute atomic E-state index is 9.62. The number of aliphatic hydroxyl groups is 1. The van der Waals surface area contributed by atoms with Crippen LogP contribution in [0.5, 0.6) is 5.75 Å². The van der Waals surface area contributed by atoms with Gasteiger partial charge in [-0.2, -0.15) is 0 Å². The van der Waals surface area contributed by atoms with Crippen molar-refractivity contribution >= 4 is 17.1 Å². The van der Waals surface area contributed by atoms with Gasteiger partial charge in [0.1, 0.15) is 11.3 Å². The van der Waals surface area contributed by atoms with E-state index in [1.54, 1.807) is 18.3 Å². The smallest absolute Gasteiger partial charge is 0.141 e. The molecule has 4 heteroatoms. The van der Waals surface area contributed by atoms with E-state index in [0.29, 0.717) is 17.8 Å². The Kier molecular flexibility index (Phi) is 3.12. The Morgan fingerprint density at radius 2 is 2.12 bits per heavy atom. The maximum atomic E-state index is 9.62. The molecule has 0 saturated carbocycles. The molecule has 0 atom stereocenters. The maximum Gasteiger partial charge on any atom is 0.141 e. The van der Waals surface area contributed by atoms with Crippen LogP contribution in [0.15, 0.2) is 35.3 Å². The van der Waals surface area contributed by atoms with Crippen LogP contribution in [-0.4, -0.2) is 34.6 Å². The number of aromatic nitrogens is 1. The van der Waals surface area contributed by atoms with Gasteiger partial charge in [0.2, 0.25) is 0 Å². The minimum absolute atomic E-state index is 0.0231. The lowest BCUT2D eigenvalue weighted by Gasteiger charge is -2.00. The predicted octanol–water partition coefficient (Wildman–Crippen LogP) is 1.35. The zero-order valence-electron chi connectivity index (χ0n) is 8.67. The van der Waals surface area contributed by atoms with Crippen molar-refractivity contribution in [3.05, 3.63) is 36.0 Å². The average Bonchev–Trinajstić information content (AvgIpc) is 2.30. The quantitative estimate of drug-likeness (QED) is 0.761. The summed E-state index contributed by atoms with van der Waals surface area (Å²) in [6, 6.07) is 8.96. The van der Waals surface area contributed by atoms with E-state index in [9.17, 15) is 5.11 Å². The molecule has 4 nitrogen and oxygen atoms in total. The van der Waals surface area contributed by atoms with Crippen molar-refractivity contribution in [3.63, 3.8) is 0 Å². The Hall–Kier alpha value is -1.94. The molecule has 2 aromatic rings. The van der Waals surface area contributed by atoms with E-state index >= 15 is 0 Å². The molecule has 16 heavy (non-hydrogen) atoms. The van der Waals surface area contributed by atoms with Crippen LogP contribution in [0.25, 0.3) is 10.9 Å². The minimum atomic E-state index is 0.0231. The fourth-order valence-corrected chi connectivity index (χ4v) is 1.43. The van der Waals surface area contributed by atoms with Crippen LogP contribution in [0.2, 0.25) is 0 Å². The largest absolute Gasteiger partial charge is 0.506 e. The number of phenolic OH excluding ortho intramolecular Hbond substituents is 1. The van der Waals surface area contributed by atoms with Crippen LogP contribution >= 0.6 is 0 Å². The zero-order valence-corrected chi connectivity index (χ0v) is 8.67. The van der Waals surface area contributed by atoms with Crippen molar-refractivity contribution in [3.8, 4) is 5.75 Å². The van der Waals surface area contributed by atoms with Gasteiger partial charge in [-0.25, -0.2) is 4.98 Å². The van der Waals surface area contributed by atoms with Crippen molar-refractivity contribution in [2.45, 2.75) is 0 Å². The molecule has 2 rings (SSSR count). The van der Waals surface area contributed by atoms with Crippen LogP contribution in [-0.2, 0) is 0 Å². The number of aliphatic hydroxyl groups excluding tert-OH is 1. The highest BCUT2D eigenvalue weighted by atomic mass is 16.3. The van der Waals surface area contributed by atoms with Crippen molar-refractivity contribution in [2.24, 2.45) is 4.99 Å². The normalized spacial score (nSPS) is 11.3. The first-order valence-corrected chi connectivity index (χ1v) is 5.00. The second kappa shape index (κ2) is 4.72. The zero-order chi connectivity index (χ0) is 11.4. The summed E-state index contributed by atoms with van der Waals surface area (Å²) in [5.41, 5.74) is 1.23. The van der Waals surface area contributed by atoms with Crippen molar-refractivity contribution in [2.75, 3.05) is 13.2 Å². The van der Waals surface area contributed by atoms with Gasteiger partial charge < -0.3 is 10.2 Å². The molecule has 0 saturated heterocycles. The van der Waals surface area contributed by atoms with Gasteiger partial charge in [-0.1, -0.05) is 18.2 Å². The lowest BCUT2D eigenvalue weighted by atomic mass is 10.2. The molecule has 82 valence electrons. The number of fused-ring (bicyclic) bond motifs is 1. The van der Waals surface area contributed by atoms with Crippen molar-refractivity contribution in [1.29, 1.82) is 0 Å². The average molecular weight is 216 g/mol. The standard InChI is InChI=1S/C12H12N2O2/c15-7-6-13-8-10-5-4-9-2-1-3-11(16)12(9)14-10/h1-5,8,15-16H,6-7H2. The van der Waals surface area contributed by atoms with Crippen LogP contribution in [0, 0.1) is 0 Å². The Morgan fingerprint density at radius 1 is 1.25 bits per heavy atom. The summed E-state index contributed by atoms with van der Waals surface area (Å²) in [4.78, 5) is 8.24. The van der Waals surface area contributed by atoms with Gasteiger partial charge >= 0.3 is 0 Å². The number of hydrogen-bond acceptors (Lipinski definition) is 4. The molecule has 0 aliphatic rings. The third-order valence-corrected chi connectivity index (χ3v) is 2.17. The number of nitrogens with zero attached hydrogens (tertiary/aromatic N) is 2. The number of phenols is 1.